The Morgan fingerprint density at radius 3 is 2.94 bits per heavy atom. The van der Waals surface area contributed by atoms with Gasteiger partial charge in [0.15, 0.2) is 0 Å². The highest BCUT2D eigenvalue weighted by Crippen LogP contribution is 2.07. The number of ether oxygens (including phenoxy) is 1. The molecule has 1 fully saturated rings. The Labute approximate surface area is 103 Å². The number of rotatable bonds is 5. The molecule has 6 heteroatoms. The molecule has 1 heterocycles. The van der Waals surface area contributed by atoms with Crippen LogP contribution in [0.25, 0.3) is 0 Å². The normalized spacial score (nSPS) is 23.4. The molecule has 1 saturated heterocycles. The summed E-state index contributed by atoms with van der Waals surface area (Å²) in [7, 11) is 5.06. The zero-order valence-electron chi connectivity index (χ0n) is 10.8. The molecule has 2 N–H and O–H groups in total. The maximum absolute atomic E-state index is 12.0. The Kier molecular flexibility index (Phi) is 5.84. The smallest absolute Gasteiger partial charge is 0.240 e. The van der Waals surface area contributed by atoms with Gasteiger partial charge in [-0.15, -0.1) is 0 Å². The number of carbonyl (C=O) groups is 1. The number of piperazine rings is 1. The lowest BCUT2D eigenvalue weighted by molar-refractivity contribution is -0.135. The lowest BCUT2D eigenvalue weighted by atomic mass is 10.1. The third-order valence-electron chi connectivity index (χ3n) is 2.88. The lowest BCUT2D eigenvalue weighted by Gasteiger charge is -2.37. The van der Waals surface area contributed by atoms with Gasteiger partial charge in [0.25, 0.3) is 0 Å². The van der Waals surface area contributed by atoms with Gasteiger partial charge < -0.3 is 20.1 Å². The second-order valence-electron chi connectivity index (χ2n) is 4.56. The number of hydrogen-bond acceptors (Lipinski definition) is 5. The highest BCUT2D eigenvalue weighted by molar-refractivity contribution is 5.81. The molecular weight excluding hydrogens is 222 g/mol. The van der Waals surface area contributed by atoms with Gasteiger partial charge in [0.1, 0.15) is 6.04 Å². The molecule has 1 aliphatic rings. The molecular formula is C11H23N3O3. The fraction of sp³-hybridized carbons (Fsp3) is 0.909. The molecule has 0 aromatic rings. The quantitative estimate of drug-likeness (QED) is 0.608. The van der Waals surface area contributed by atoms with E-state index >= 15 is 0 Å². The van der Waals surface area contributed by atoms with Gasteiger partial charge in [-0.2, -0.15) is 0 Å². The van der Waals surface area contributed by atoms with Crippen molar-refractivity contribution in [1.82, 2.24) is 15.1 Å². The Morgan fingerprint density at radius 2 is 2.35 bits per heavy atom. The molecule has 2 atom stereocenters. The SMILES string of the molecule is COCC(O)CN1CCNCC1C(=O)N(C)C. The number of likely N-dealkylation sites (N-methyl/N-ethyl adjacent to an activating group) is 1. The van der Waals surface area contributed by atoms with Crippen LogP contribution < -0.4 is 5.32 Å². The molecule has 6 nitrogen and oxygen atoms in total. The minimum Gasteiger partial charge on any atom is -0.389 e. The molecule has 1 amide bonds. The van der Waals surface area contributed by atoms with Crippen molar-refractivity contribution in [2.45, 2.75) is 12.1 Å². The number of aliphatic hydroxyl groups is 1. The maximum Gasteiger partial charge on any atom is 0.240 e. The molecule has 0 radical (unpaired) electrons. The monoisotopic (exact) mass is 245 g/mol. The molecule has 1 aliphatic heterocycles. The van der Waals surface area contributed by atoms with Crippen molar-refractivity contribution in [1.29, 1.82) is 0 Å². The number of nitrogens with zero attached hydrogens (tertiary/aromatic N) is 2. The van der Waals surface area contributed by atoms with E-state index < -0.39 is 6.10 Å². The number of β-amino-alcohol motifs (C(OH)–C–C–N with tert-alkyl or cyclic N) is 1. The van der Waals surface area contributed by atoms with Crippen molar-refractivity contribution in [3.63, 3.8) is 0 Å². The van der Waals surface area contributed by atoms with Crippen LogP contribution in [-0.4, -0.2) is 87.0 Å². The van der Waals surface area contributed by atoms with Crippen LogP contribution in [0.15, 0.2) is 0 Å². The summed E-state index contributed by atoms with van der Waals surface area (Å²) in [5.74, 6) is 0.0711. The number of carbonyl (C=O) groups excluding carboxylic acids is 1. The molecule has 0 bridgehead atoms. The van der Waals surface area contributed by atoms with E-state index in [0.717, 1.165) is 13.1 Å². The molecule has 2 unspecified atom stereocenters. The molecule has 17 heavy (non-hydrogen) atoms. The Morgan fingerprint density at radius 1 is 1.65 bits per heavy atom. The number of nitrogens with one attached hydrogen (secondary N) is 1. The van der Waals surface area contributed by atoms with Crippen LogP contribution in [0.3, 0.4) is 0 Å². The van der Waals surface area contributed by atoms with Gasteiger partial charge >= 0.3 is 0 Å². The highest BCUT2D eigenvalue weighted by atomic mass is 16.5. The van der Waals surface area contributed by atoms with E-state index in [4.69, 9.17) is 4.74 Å². The van der Waals surface area contributed by atoms with Crippen molar-refractivity contribution >= 4 is 5.91 Å². The number of methoxy groups -OCH3 is 1. The van der Waals surface area contributed by atoms with Crippen molar-refractivity contribution in [3.8, 4) is 0 Å². The summed E-state index contributed by atoms with van der Waals surface area (Å²) in [5, 5.41) is 12.9. The van der Waals surface area contributed by atoms with E-state index in [9.17, 15) is 9.90 Å². The molecule has 0 aromatic heterocycles. The number of aliphatic hydroxyl groups excluding tert-OH is 1. The summed E-state index contributed by atoms with van der Waals surface area (Å²) < 4.78 is 4.90. The van der Waals surface area contributed by atoms with Gasteiger partial charge in [0, 0.05) is 47.4 Å². The predicted molar refractivity (Wildman–Crippen MR) is 64.8 cm³/mol. The second kappa shape index (κ2) is 6.90. The Hall–Kier alpha value is -0.690. The Balaban J connectivity index is 2.56. The third-order valence-corrected chi connectivity index (χ3v) is 2.88. The van der Waals surface area contributed by atoms with Crippen LogP contribution in [0, 0.1) is 0 Å². The van der Waals surface area contributed by atoms with Gasteiger partial charge in [-0.25, -0.2) is 0 Å². The van der Waals surface area contributed by atoms with Gasteiger partial charge in [0.2, 0.25) is 5.91 Å². The van der Waals surface area contributed by atoms with Crippen LogP contribution in [0.5, 0.6) is 0 Å². The fourth-order valence-corrected chi connectivity index (χ4v) is 2.02. The molecule has 0 spiro atoms. The summed E-state index contributed by atoms with van der Waals surface area (Å²) >= 11 is 0. The second-order valence-corrected chi connectivity index (χ2v) is 4.56. The number of amides is 1. The van der Waals surface area contributed by atoms with Crippen LogP contribution in [-0.2, 0) is 9.53 Å². The molecule has 0 aliphatic carbocycles. The molecule has 0 saturated carbocycles. The first-order valence-corrected chi connectivity index (χ1v) is 5.89. The van der Waals surface area contributed by atoms with E-state index in [0.29, 0.717) is 19.7 Å². The Bertz CT molecular complexity index is 248. The summed E-state index contributed by atoms with van der Waals surface area (Å²) in [6, 6.07) is -0.190. The van der Waals surface area contributed by atoms with Gasteiger partial charge in [0.05, 0.1) is 12.7 Å². The van der Waals surface area contributed by atoms with Gasteiger partial charge in [-0.3, -0.25) is 9.69 Å². The van der Waals surface area contributed by atoms with E-state index in [1.54, 1.807) is 26.1 Å². The van der Waals surface area contributed by atoms with E-state index in [2.05, 4.69) is 5.32 Å². The lowest BCUT2D eigenvalue weighted by Crippen LogP contribution is -2.59. The minimum absolute atomic E-state index is 0.0711. The fourth-order valence-electron chi connectivity index (χ4n) is 2.02. The van der Waals surface area contributed by atoms with Crippen molar-refractivity contribution in [2.24, 2.45) is 0 Å². The van der Waals surface area contributed by atoms with Crippen molar-refractivity contribution in [3.05, 3.63) is 0 Å². The minimum atomic E-state index is -0.546. The van der Waals surface area contributed by atoms with Crippen molar-refractivity contribution < 1.29 is 14.6 Å². The first kappa shape index (κ1) is 14.4. The number of hydrogen-bond donors (Lipinski definition) is 2. The predicted octanol–water partition coefficient (Wildman–Crippen LogP) is -1.64. The highest BCUT2D eigenvalue weighted by Gasteiger charge is 2.30. The van der Waals surface area contributed by atoms with Crippen LogP contribution >= 0.6 is 0 Å². The van der Waals surface area contributed by atoms with Crippen LogP contribution in [0.1, 0.15) is 0 Å². The van der Waals surface area contributed by atoms with E-state index in [1.807, 2.05) is 4.90 Å². The summed E-state index contributed by atoms with van der Waals surface area (Å²) in [6.45, 7) is 3.02. The summed E-state index contributed by atoms with van der Waals surface area (Å²) in [6.07, 6.45) is -0.546. The van der Waals surface area contributed by atoms with Gasteiger partial charge in [-0.05, 0) is 0 Å². The average molecular weight is 245 g/mol. The average Bonchev–Trinajstić information content (AvgIpc) is 2.29. The third kappa shape index (κ3) is 4.23. The summed E-state index contributed by atoms with van der Waals surface area (Å²) in [4.78, 5) is 15.6. The van der Waals surface area contributed by atoms with Crippen molar-refractivity contribution in [2.75, 3.05) is 54.0 Å². The topological polar surface area (TPSA) is 65.0 Å². The van der Waals surface area contributed by atoms with Crippen LogP contribution in [0.2, 0.25) is 0 Å². The molecule has 1 rings (SSSR count). The first-order chi connectivity index (χ1) is 8.06. The largest absolute Gasteiger partial charge is 0.389 e. The van der Waals surface area contributed by atoms with Gasteiger partial charge in [-0.1, -0.05) is 0 Å². The van der Waals surface area contributed by atoms with E-state index in [-0.39, 0.29) is 11.9 Å². The zero-order chi connectivity index (χ0) is 12.8. The first-order valence-electron chi connectivity index (χ1n) is 5.89. The standard InChI is InChI=1S/C11H23N3O3/c1-13(2)11(16)10-6-12-4-5-14(10)7-9(15)8-17-3/h9-10,12,15H,4-8H2,1-3H3. The maximum atomic E-state index is 12.0. The molecule has 0 aromatic carbocycles. The molecule has 100 valence electrons. The summed E-state index contributed by atoms with van der Waals surface area (Å²) in [5.41, 5.74) is 0. The van der Waals surface area contributed by atoms with E-state index in [1.165, 1.54) is 0 Å². The van der Waals surface area contributed by atoms with Crippen LogP contribution in [0.4, 0.5) is 0 Å². The zero-order valence-corrected chi connectivity index (χ0v) is 10.8.